The molecule has 1 saturated carbocycles. The van der Waals surface area contributed by atoms with E-state index < -0.39 is 17.8 Å². The number of alkyl halides is 3. The van der Waals surface area contributed by atoms with Crippen molar-refractivity contribution < 1.29 is 18.0 Å². The van der Waals surface area contributed by atoms with Crippen LogP contribution in [0.4, 0.5) is 18.9 Å². The second-order valence-electron chi connectivity index (χ2n) is 6.21. The van der Waals surface area contributed by atoms with Gasteiger partial charge in [-0.2, -0.15) is 18.3 Å². The van der Waals surface area contributed by atoms with Crippen molar-refractivity contribution in [1.82, 2.24) is 19.7 Å². The lowest BCUT2D eigenvalue weighted by atomic mass is 10.2. The molecule has 0 unspecified atom stereocenters. The molecule has 6 nitrogen and oxygen atoms in total. The van der Waals surface area contributed by atoms with Gasteiger partial charge in [-0.15, -0.1) is 0 Å². The van der Waals surface area contributed by atoms with E-state index in [-0.39, 0.29) is 17.4 Å². The van der Waals surface area contributed by atoms with Gasteiger partial charge < -0.3 is 5.32 Å². The molecule has 0 aromatic carbocycles. The molecule has 1 amide bonds. The molecule has 3 aromatic rings. The molecular formula is C18H14F3N5O. The minimum Gasteiger partial charge on any atom is -0.319 e. The number of aromatic nitrogens is 4. The Kier molecular flexibility index (Phi) is 4.14. The van der Waals surface area contributed by atoms with Crippen molar-refractivity contribution in [3.05, 3.63) is 65.9 Å². The molecule has 0 radical (unpaired) electrons. The summed E-state index contributed by atoms with van der Waals surface area (Å²) in [5.74, 6) is -0.0653. The number of pyridine rings is 2. The first-order valence-corrected chi connectivity index (χ1v) is 8.28. The van der Waals surface area contributed by atoms with Crippen molar-refractivity contribution in [2.75, 3.05) is 5.32 Å². The highest BCUT2D eigenvalue weighted by Crippen LogP contribution is 2.42. The number of hydrogen-bond donors (Lipinski definition) is 1. The molecule has 27 heavy (non-hydrogen) atoms. The minimum atomic E-state index is -4.51. The molecule has 0 spiro atoms. The summed E-state index contributed by atoms with van der Waals surface area (Å²) in [5, 5.41) is 6.33. The van der Waals surface area contributed by atoms with Gasteiger partial charge in [0.05, 0.1) is 11.9 Å². The number of nitrogens with zero attached hydrogens (tertiary/aromatic N) is 4. The van der Waals surface area contributed by atoms with Gasteiger partial charge in [-0.05, 0) is 43.2 Å². The van der Waals surface area contributed by atoms with E-state index in [0.717, 1.165) is 18.9 Å². The van der Waals surface area contributed by atoms with Crippen LogP contribution in [0.5, 0.6) is 0 Å². The molecule has 9 heteroatoms. The van der Waals surface area contributed by atoms with Crippen LogP contribution in [0, 0.1) is 0 Å². The molecule has 1 fully saturated rings. The minimum absolute atomic E-state index is 0.0685. The highest BCUT2D eigenvalue weighted by Gasteiger charge is 2.38. The van der Waals surface area contributed by atoms with Gasteiger partial charge in [0.15, 0.2) is 11.5 Å². The van der Waals surface area contributed by atoms with Gasteiger partial charge in [0.2, 0.25) is 0 Å². The second kappa shape index (κ2) is 6.49. The van der Waals surface area contributed by atoms with Gasteiger partial charge in [-0.3, -0.25) is 9.78 Å². The van der Waals surface area contributed by atoms with Crippen LogP contribution in [0.1, 0.15) is 40.6 Å². The first kappa shape index (κ1) is 17.2. The molecule has 1 aliphatic rings. The van der Waals surface area contributed by atoms with Crippen LogP contribution in [-0.4, -0.2) is 25.7 Å². The molecule has 1 N–H and O–H groups in total. The van der Waals surface area contributed by atoms with Crippen LogP contribution >= 0.6 is 0 Å². The lowest BCUT2D eigenvalue weighted by Crippen LogP contribution is -2.14. The third-order valence-corrected chi connectivity index (χ3v) is 4.14. The van der Waals surface area contributed by atoms with E-state index in [1.807, 2.05) is 0 Å². The highest BCUT2D eigenvalue weighted by atomic mass is 19.4. The molecule has 0 saturated heterocycles. The fourth-order valence-corrected chi connectivity index (χ4v) is 2.66. The fraction of sp³-hybridized carbons (Fsp3) is 0.222. The van der Waals surface area contributed by atoms with Gasteiger partial charge in [0.1, 0.15) is 5.69 Å². The zero-order chi connectivity index (χ0) is 19.0. The Morgan fingerprint density at radius 1 is 1.15 bits per heavy atom. The van der Waals surface area contributed by atoms with E-state index in [1.165, 1.54) is 23.1 Å². The van der Waals surface area contributed by atoms with Crippen molar-refractivity contribution in [1.29, 1.82) is 0 Å². The Balaban J connectivity index is 1.57. The quantitative estimate of drug-likeness (QED) is 0.755. The predicted molar refractivity (Wildman–Crippen MR) is 90.5 cm³/mol. The van der Waals surface area contributed by atoms with Crippen LogP contribution < -0.4 is 5.32 Å². The van der Waals surface area contributed by atoms with Crippen molar-refractivity contribution in [3.63, 3.8) is 0 Å². The summed E-state index contributed by atoms with van der Waals surface area (Å²) < 4.78 is 40.2. The third kappa shape index (κ3) is 3.67. The lowest BCUT2D eigenvalue weighted by Gasteiger charge is -2.08. The number of nitrogens with one attached hydrogen (secondary N) is 1. The molecule has 0 aliphatic heterocycles. The Bertz CT molecular complexity index is 963. The van der Waals surface area contributed by atoms with E-state index in [2.05, 4.69) is 20.4 Å². The van der Waals surface area contributed by atoms with Crippen molar-refractivity contribution in [3.8, 4) is 5.82 Å². The average molecular weight is 373 g/mol. The number of hydrogen-bond acceptors (Lipinski definition) is 4. The summed E-state index contributed by atoms with van der Waals surface area (Å²) in [5.41, 5.74) is 0.226. The van der Waals surface area contributed by atoms with Crippen LogP contribution in [0.3, 0.4) is 0 Å². The molecule has 3 heterocycles. The smallest absolute Gasteiger partial charge is 0.319 e. The van der Waals surface area contributed by atoms with Crippen molar-refractivity contribution >= 4 is 11.6 Å². The Labute approximate surface area is 152 Å². The normalized spacial score (nSPS) is 14.2. The average Bonchev–Trinajstić information content (AvgIpc) is 3.40. The van der Waals surface area contributed by atoms with Crippen molar-refractivity contribution in [2.24, 2.45) is 0 Å². The predicted octanol–water partition coefficient (Wildman–Crippen LogP) is 3.81. The molecule has 1 aliphatic carbocycles. The summed E-state index contributed by atoms with van der Waals surface area (Å²) in [6.07, 6.45) is 0.0430. The van der Waals surface area contributed by atoms with E-state index in [1.54, 1.807) is 24.3 Å². The fourth-order valence-electron chi connectivity index (χ4n) is 2.66. The van der Waals surface area contributed by atoms with E-state index >= 15 is 0 Å². The Morgan fingerprint density at radius 2 is 1.96 bits per heavy atom. The summed E-state index contributed by atoms with van der Waals surface area (Å²) in [6.45, 7) is 0. The topological polar surface area (TPSA) is 72.7 Å². The van der Waals surface area contributed by atoms with E-state index in [0.29, 0.717) is 11.4 Å². The molecule has 138 valence electrons. The molecular weight excluding hydrogens is 359 g/mol. The molecule has 4 rings (SSSR count). The lowest BCUT2D eigenvalue weighted by molar-refractivity contribution is -0.141. The molecule has 0 bridgehead atoms. The van der Waals surface area contributed by atoms with Gasteiger partial charge in [0, 0.05) is 17.8 Å². The number of carbonyl (C=O) groups is 1. The van der Waals surface area contributed by atoms with Crippen molar-refractivity contribution in [2.45, 2.75) is 24.9 Å². The maximum absolute atomic E-state index is 13.0. The number of amides is 1. The first-order valence-electron chi connectivity index (χ1n) is 8.28. The SMILES string of the molecule is O=C(Nc1ccc(-n2nc(C(F)(F)F)cc2C2CC2)nc1)c1ccccn1. The summed E-state index contributed by atoms with van der Waals surface area (Å²) in [7, 11) is 0. The monoisotopic (exact) mass is 373 g/mol. The highest BCUT2D eigenvalue weighted by molar-refractivity contribution is 6.02. The van der Waals surface area contributed by atoms with Gasteiger partial charge in [0.25, 0.3) is 5.91 Å². The standard InChI is InChI=1S/C18H14F3N5O/c19-18(20,21)15-9-14(11-4-5-11)26(25-15)16-7-6-12(10-23-16)24-17(27)13-3-1-2-8-22-13/h1-3,6-11H,4-5H2,(H,24,27). The second-order valence-corrected chi connectivity index (χ2v) is 6.21. The van der Waals surface area contributed by atoms with Gasteiger partial charge in [-0.1, -0.05) is 6.07 Å². The summed E-state index contributed by atoms with van der Waals surface area (Å²) in [6, 6.07) is 9.13. The zero-order valence-electron chi connectivity index (χ0n) is 13.9. The van der Waals surface area contributed by atoms with E-state index in [4.69, 9.17) is 0 Å². The Hall–Kier alpha value is -3.23. The third-order valence-electron chi connectivity index (χ3n) is 4.14. The Morgan fingerprint density at radius 3 is 2.56 bits per heavy atom. The van der Waals surface area contributed by atoms with E-state index in [9.17, 15) is 18.0 Å². The number of halogens is 3. The maximum atomic E-state index is 13.0. The first-order chi connectivity index (χ1) is 12.9. The zero-order valence-corrected chi connectivity index (χ0v) is 13.9. The number of rotatable bonds is 4. The molecule has 0 atom stereocenters. The van der Waals surface area contributed by atoms with Crippen LogP contribution in [0.2, 0.25) is 0 Å². The number of anilines is 1. The van der Waals surface area contributed by atoms with Crippen LogP contribution in [0.15, 0.2) is 48.8 Å². The van der Waals surface area contributed by atoms with Crippen LogP contribution in [-0.2, 0) is 6.18 Å². The van der Waals surface area contributed by atoms with Gasteiger partial charge in [-0.25, -0.2) is 9.67 Å². The van der Waals surface area contributed by atoms with Gasteiger partial charge >= 0.3 is 6.18 Å². The van der Waals surface area contributed by atoms with Crippen LogP contribution in [0.25, 0.3) is 5.82 Å². The largest absolute Gasteiger partial charge is 0.435 e. The summed E-state index contributed by atoms with van der Waals surface area (Å²) in [4.78, 5) is 20.2. The maximum Gasteiger partial charge on any atom is 0.435 e. The number of carbonyl (C=O) groups excluding carboxylic acids is 1. The molecule has 3 aromatic heterocycles. The summed E-state index contributed by atoms with van der Waals surface area (Å²) >= 11 is 0.